The summed E-state index contributed by atoms with van der Waals surface area (Å²) in [7, 11) is 3.86. The molecule has 1 N–H and O–H groups in total. The standard InChI is InChI=1S/C12H26N2O2/c1-14(7-5-13-6-9-15-2)8-10-16-11-12-3-4-12/h12-13H,3-11H2,1-2H3. The van der Waals surface area contributed by atoms with Gasteiger partial charge in [-0.15, -0.1) is 0 Å². The van der Waals surface area contributed by atoms with Gasteiger partial charge in [0.1, 0.15) is 0 Å². The summed E-state index contributed by atoms with van der Waals surface area (Å²) in [6.07, 6.45) is 2.75. The van der Waals surface area contributed by atoms with Gasteiger partial charge in [0.15, 0.2) is 0 Å². The van der Waals surface area contributed by atoms with Crippen LogP contribution in [-0.4, -0.2) is 65.1 Å². The van der Waals surface area contributed by atoms with Crippen molar-refractivity contribution in [2.45, 2.75) is 12.8 Å². The number of hydrogen-bond acceptors (Lipinski definition) is 4. The molecule has 0 aromatic heterocycles. The molecule has 1 saturated carbocycles. The molecule has 0 aliphatic heterocycles. The number of likely N-dealkylation sites (N-methyl/N-ethyl adjacent to an activating group) is 1. The molecule has 4 nitrogen and oxygen atoms in total. The molecule has 1 aliphatic carbocycles. The lowest BCUT2D eigenvalue weighted by Crippen LogP contribution is -2.32. The van der Waals surface area contributed by atoms with Gasteiger partial charge >= 0.3 is 0 Å². The second-order valence-electron chi connectivity index (χ2n) is 4.56. The topological polar surface area (TPSA) is 33.7 Å². The highest BCUT2D eigenvalue weighted by Gasteiger charge is 2.20. The van der Waals surface area contributed by atoms with Gasteiger partial charge in [-0.05, 0) is 25.8 Å². The van der Waals surface area contributed by atoms with Gasteiger partial charge in [-0.1, -0.05) is 0 Å². The molecule has 0 bridgehead atoms. The molecule has 0 heterocycles. The quantitative estimate of drug-likeness (QED) is 0.527. The van der Waals surface area contributed by atoms with E-state index < -0.39 is 0 Å². The van der Waals surface area contributed by atoms with Gasteiger partial charge in [-0.3, -0.25) is 0 Å². The number of nitrogens with one attached hydrogen (secondary N) is 1. The van der Waals surface area contributed by atoms with Crippen molar-refractivity contribution in [2.75, 3.05) is 60.2 Å². The molecule has 1 fully saturated rings. The van der Waals surface area contributed by atoms with E-state index in [-0.39, 0.29) is 0 Å². The van der Waals surface area contributed by atoms with Crippen LogP contribution in [0.25, 0.3) is 0 Å². The van der Waals surface area contributed by atoms with Gasteiger partial charge in [0, 0.05) is 39.9 Å². The van der Waals surface area contributed by atoms with E-state index in [4.69, 9.17) is 9.47 Å². The molecule has 0 unspecified atom stereocenters. The Morgan fingerprint density at radius 3 is 2.69 bits per heavy atom. The van der Waals surface area contributed by atoms with E-state index in [2.05, 4.69) is 17.3 Å². The van der Waals surface area contributed by atoms with E-state index >= 15 is 0 Å². The second-order valence-corrected chi connectivity index (χ2v) is 4.56. The molecule has 0 aromatic rings. The Hall–Kier alpha value is -0.160. The third-order valence-corrected chi connectivity index (χ3v) is 2.82. The van der Waals surface area contributed by atoms with E-state index in [1.54, 1.807) is 7.11 Å². The fourth-order valence-electron chi connectivity index (χ4n) is 1.44. The molecule has 16 heavy (non-hydrogen) atoms. The zero-order chi connectivity index (χ0) is 11.6. The van der Waals surface area contributed by atoms with Crippen LogP contribution in [0.1, 0.15) is 12.8 Å². The molecule has 0 atom stereocenters. The predicted molar refractivity (Wildman–Crippen MR) is 65.8 cm³/mol. The Kier molecular flexibility index (Phi) is 7.76. The van der Waals surface area contributed by atoms with Crippen molar-refractivity contribution in [2.24, 2.45) is 5.92 Å². The number of methoxy groups -OCH3 is 1. The van der Waals surface area contributed by atoms with Crippen molar-refractivity contribution in [1.82, 2.24) is 10.2 Å². The minimum Gasteiger partial charge on any atom is -0.383 e. The second kappa shape index (κ2) is 8.93. The number of rotatable bonds is 11. The van der Waals surface area contributed by atoms with Crippen molar-refractivity contribution in [3.05, 3.63) is 0 Å². The molecule has 1 rings (SSSR count). The highest BCUT2D eigenvalue weighted by Crippen LogP contribution is 2.28. The first-order valence-electron chi connectivity index (χ1n) is 6.29. The summed E-state index contributed by atoms with van der Waals surface area (Å²) in [6, 6.07) is 0. The SMILES string of the molecule is COCCNCCN(C)CCOCC1CC1. The average Bonchev–Trinajstić information content (AvgIpc) is 3.08. The number of nitrogens with zero attached hydrogens (tertiary/aromatic N) is 1. The van der Waals surface area contributed by atoms with Gasteiger partial charge in [-0.25, -0.2) is 0 Å². The van der Waals surface area contributed by atoms with Gasteiger partial charge in [0.25, 0.3) is 0 Å². The minimum absolute atomic E-state index is 0.786. The first-order valence-corrected chi connectivity index (χ1v) is 6.29. The van der Waals surface area contributed by atoms with E-state index in [1.807, 2.05) is 0 Å². The Balaban J connectivity index is 1.76. The van der Waals surface area contributed by atoms with Crippen LogP contribution in [0.4, 0.5) is 0 Å². The monoisotopic (exact) mass is 230 g/mol. The summed E-state index contributed by atoms with van der Waals surface area (Å²) < 4.78 is 10.6. The maximum atomic E-state index is 5.59. The third kappa shape index (κ3) is 8.05. The van der Waals surface area contributed by atoms with Crippen LogP contribution in [0, 0.1) is 5.92 Å². The maximum Gasteiger partial charge on any atom is 0.0593 e. The molecule has 0 radical (unpaired) electrons. The Morgan fingerprint density at radius 1 is 1.19 bits per heavy atom. The number of hydrogen-bond donors (Lipinski definition) is 1. The first-order chi connectivity index (χ1) is 7.83. The van der Waals surface area contributed by atoms with Crippen molar-refractivity contribution in [1.29, 1.82) is 0 Å². The molecule has 0 saturated heterocycles. The average molecular weight is 230 g/mol. The molecular formula is C12H26N2O2. The third-order valence-electron chi connectivity index (χ3n) is 2.82. The zero-order valence-electron chi connectivity index (χ0n) is 10.7. The molecule has 4 heteroatoms. The minimum atomic E-state index is 0.786. The summed E-state index contributed by atoms with van der Waals surface area (Å²) in [5, 5.41) is 3.33. The fourth-order valence-corrected chi connectivity index (χ4v) is 1.44. The summed E-state index contributed by atoms with van der Waals surface area (Å²) in [5.41, 5.74) is 0. The van der Waals surface area contributed by atoms with Gasteiger partial charge in [-0.2, -0.15) is 0 Å². The Labute approximate surface area is 99.3 Å². The van der Waals surface area contributed by atoms with E-state index in [0.29, 0.717) is 0 Å². The highest BCUT2D eigenvalue weighted by molar-refractivity contribution is 4.71. The first kappa shape index (κ1) is 13.9. The molecule has 0 amide bonds. The Bertz CT molecular complexity index is 163. The van der Waals surface area contributed by atoms with Crippen molar-refractivity contribution in [3.8, 4) is 0 Å². The summed E-state index contributed by atoms with van der Waals surface area (Å²) in [6.45, 7) is 6.67. The lowest BCUT2D eigenvalue weighted by atomic mass is 10.4. The normalized spacial score (nSPS) is 15.9. The van der Waals surface area contributed by atoms with E-state index in [1.165, 1.54) is 12.8 Å². The zero-order valence-corrected chi connectivity index (χ0v) is 10.7. The maximum absolute atomic E-state index is 5.59. The van der Waals surface area contributed by atoms with Crippen LogP contribution >= 0.6 is 0 Å². The highest BCUT2D eigenvalue weighted by atomic mass is 16.5. The molecule has 1 aliphatic rings. The van der Waals surface area contributed by atoms with Gasteiger partial charge < -0.3 is 19.7 Å². The summed E-state index contributed by atoms with van der Waals surface area (Å²) in [4.78, 5) is 2.30. The molecule has 96 valence electrons. The predicted octanol–water partition coefficient (Wildman–Crippen LogP) is 0.581. The Morgan fingerprint density at radius 2 is 2.00 bits per heavy atom. The van der Waals surface area contributed by atoms with Crippen LogP contribution in [-0.2, 0) is 9.47 Å². The van der Waals surface area contributed by atoms with Crippen LogP contribution in [0.3, 0.4) is 0 Å². The number of ether oxygens (including phenoxy) is 2. The molecule has 0 spiro atoms. The lowest BCUT2D eigenvalue weighted by Gasteiger charge is -2.16. The van der Waals surface area contributed by atoms with Gasteiger partial charge in [0.2, 0.25) is 0 Å². The van der Waals surface area contributed by atoms with Gasteiger partial charge in [0.05, 0.1) is 13.2 Å². The van der Waals surface area contributed by atoms with E-state index in [0.717, 1.165) is 51.9 Å². The van der Waals surface area contributed by atoms with Crippen molar-refractivity contribution >= 4 is 0 Å². The summed E-state index contributed by atoms with van der Waals surface area (Å²) >= 11 is 0. The van der Waals surface area contributed by atoms with Crippen LogP contribution in [0.15, 0.2) is 0 Å². The van der Waals surface area contributed by atoms with Crippen LogP contribution in [0.2, 0.25) is 0 Å². The molecular weight excluding hydrogens is 204 g/mol. The summed E-state index contributed by atoms with van der Waals surface area (Å²) in [5.74, 6) is 0.876. The fraction of sp³-hybridized carbons (Fsp3) is 1.00. The molecule has 0 aromatic carbocycles. The smallest absolute Gasteiger partial charge is 0.0593 e. The van der Waals surface area contributed by atoms with Crippen molar-refractivity contribution < 1.29 is 9.47 Å². The van der Waals surface area contributed by atoms with E-state index in [9.17, 15) is 0 Å². The lowest BCUT2D eigenvalue weighted by molar-refractivity contribution is 0.103. The van der Waals surface area contributed by atoms with Crippen molar-refractivity contribution in [3.63, 3.8) is 0 Å². The van der Waals surface area contributed by atoms with Crippen LogP contribution < -0.4 is 5.32 Å². The van der Waals surface area contributed by atoms with Crippen LogP contribution in [0.5, 0.6) is 0 Å². The largest absolute Gasteiger partial charge is 0.383 e.